The van der Waals surface area contributed by atoms with Crippen LogP contribution in [0.2, 0.25) is 0 Å². The number of aryl methyl sites for hydroxylation is 1. The summed E-state index contributed by atoms with van der Waals surface area (Å²) in [4.78, 5) is 4.15. The third-order valence-electron chi connectivity index (χ3n) is 1.91. The Morgan fingerprint density at radius 2 is 2.31 bits per heavy atom. The van der Waals surface area contributed by atoms with Crippen molar-refractivity contribution in [1.82, 2.24) is 4.98 Å². The van der Waals surface area contributed by atoms with E-state index in [1.165, 1.54) is 0 Å². The predicted molar refractivity (Wildman–Crippen MR) is 49.5 cm³/mol. The number of ether oxygens (including phenoxy) is 1. The average Bonchev–Trinajstić information content (AvgIpc) is 2.16. The average molecular weight is 182 g/mol. The molecule has 0 aliphatic carbocycles. The van der Waals surface area contributed by atoms with Crippen molar-refractivity contribution in [3.8, 4) is 5.88 Å². The van der Waals surface area contributed by atoms with E-state index >= 15 is 0 Å². The number of nitrogens with two attached hydrogens (primary N) is 1. The summed E-state index contributed by atoms with van der Waals surface area (Å²) in [6.07, 6.45) is 0. The van der Waals surface area contributed by atoms with Crippen LogP contribution >= 0.6 is 0 Å². The molecule has 1 aromatic heterocycles. The molecular weight excluding hydrogens is 168 g/mol. The van der Waals surface area contributed by atoms with Crippen LogP contribution in [0, 0.1) is 6.92 Å². The second-order valence-corrected chi connectivity index (χ2v) is 2.82. The van der Waals surface area contributed by atoms with Gasteiger partial charge >= 0.3 is 0 Å². The molecule has 4 heteroatoms. The number of hydrogen-bond acceptors (Lipinski definition) is 4. The maximum atomic E-state index is 8.86. The minimum Gasteiger partial charge on any atom is -0.481 e. The summed E-state index contributed by atoms with van der Waals surface area (Å²) in [5, 5.41) is 8.86. The summed E-state index contributed by atoms with van der Waals surface area (Å²) in [7, 11) is 1.56. The van der Waals surface area contributed by atoms with Crippen molar-refractivity contribution >= 4 is 0 Å². The highest BCUT2D eigenvalue weighted by molar-refractivity contribution is 5.27. The van der Waals surface area contributed by atoms with E-state index in [1.807, 2.05) is 13.0 Å². The fraction of sp³-hybridized carbons (Fsp3) is 0.444. The number of nitrogens with zero attached hydrogens (tertiary/aromatic N) is 1. The topological polar surface area (TPSA) is 68.4 Å². The number of pyridine rings is 1. The van der Waals surface area contributed by atoms with Crippen molar-refractivity contribution in [3.63, 3.8) is 0 Å². The Morgan fingerprint density at radius 1 is 1.62 bits per heavy atom. The molecule has 0 amide bonds. The molecule has 1 rings (SSSR count). The van der Waals surface area contributed by atoms with Crippen molar-refractivity contribution in [2.75, 3.05) is 13.7 Å². The third kappa shape index (κ3) is 2.17. The molecule has 1 atom stereocenters. The van der Waals surface area contributed by atoms with Gasteiger partial charge in [0, 0.05) is 11.8 Å². The van der Waals surface area contributed by atoms with Crippen LogP contribution in [0.15, 0.2) is 12.1 Å². The Bertz CT molecular complexity index is 289. The number of aliphatic hydroxyl groups excluding tert-OH is 1. The van der Waals surface area contributed by atoms with E-state index in [2.05, 4.69) is 4.98 Å². The van der Waals surface area contributed by atoms with E-state index in [-0.39, 0.29) is 12.6 Å². The van der Waals surface area contributed by atoms with Gasteiger partial charge in [-0.25, -0.2) is 4.98 Å². The molecule has 13 heavy (non-hydrogen) atoms. The van der Waals surface area contributed by atoms with Gasteiger partial charge in [-0.05, 0) is 12.5 Å². The third-order valence-corrected chi connectivity index (χ3v) is 1.91. The summed E-state index contributed by atoms with van der Waals surface area (Å²) in [6, 6.07) is 3.19. The Hall–Kier alpha value is -1.13. The lowest BCUT2D eigenvalue weighted by Gasteiger charge is -2.11. The molecule has 1 heterocycles. The molecule has 0 aliphatic rings. The molecule has 3 N–H and O–H groups in total. The van der Waals surface area contributed by atoms with E-state index in [1.54, 1.807) is 13.2 Å². The molecule has 0 bridgehead atoms. The SMILES string of the molecule is COc1ccc(C(N)CO)c(C)n1. The second-order valence-electron chi connectivity index (χ2n) is 2.82. The van der Waals surface area contributed by atoms with Gasteiger partial charge in [-0.1, -0.05) is 6.07 Å². The van der Waals surface area contributed by atoms with Crippen LogP contribution < -0.4 is 10.5 Å². The summed E-state index contributed by atoms with van der Waals surface area (Å²) in [5.41, 5.74) is 7.30. The molecule has 0 fully saturated rings. The van der Waals surface area contributed by atoms with Crippen LogP contribution in [0.5, 0.6) is 5.88 Å². The van der Waals surface area contributed by atoms with Crippen LogP contribution in [0.4, 0.5) is 0 Å². The van der Waals surface area contributed by atoms with Gasteiger partial charge < -0.3 is 15.6 Å². The van der Waals surface area contributed by atoms with Gasteiger partial charge in [0.05, 0.1) is 19.8 Å². The Kier molecular flexibility index (Phi) is 3.22. The van der Waals surface area contributed by atoms with Crippen LogP contribution in [-0.2, 0) is 0 Å². The fourth-order valence-electron chi connectivity index (χ4n) is 1.15. The lowest BCUT2D eigenvalue weighted by atomic mass is 10.1. The minimum absolute atomic E-state index is 0.0746. The van der Waals surface area contributed by atoms with Gasteiger partial charge in [-0.2, -0.15) is 0 Å². The maximum Gasteiger partial charge on any atom is 0.213 e. The zero-order valence-electron chi connectivity index (χ0n) is 7.82. The minimum atomic E-state index is -0.363. The number of aliphatic hydroxyl groups is 1. The molecule has 1 aromatic rings. The number of hydrogen-bond donors (Lipinski definition) is 2. The van der Waals surface area contributed by atoms with Gasteiger partial charge in [-0.15, -0.1) is 0 Å². The van der Waals surface area contributed by atoms with E-state index < -0.39 is 0 Å². The van der Waals surface area contributed by atoms with Crippen molar-refractivity contribution < 1.29 is 9.84 Å². The Morgan fingerprint density at radius 3 is 2.77 bits per heavy atom. The van der Waals surface area contributed by atoms with Gasteiger partial charge in [0.2, 0.25) is 5.88 Å². The monoisotopic (exact) mass is 182 g/mol. The van der Waals surface area contributed by atoms with Crippen LogP contribution in [0.1, 0.15) is 17.3 Å². The van der Waals surface area contributed by atoms with Gasteiger partial charge in [-0.3, -0.25) is 0 Å². The normalized spacial score (nSPS) is 12.6. The van der Waals surface area contributed by atoms with E-state index in [4.69, 9.17) is 15.6 Å². The quantitative estimate of drug-likeness (QED) is 0.709. The number of rotatable bonds is 3. The molecule has 0 saturated carbocycles. The van der Waals surface area contributed by atoms with Crippen molar-refractivity contribution in [3.05, 3.63) is 23.4 Å². The molecular formula is C9H14N2O2. The van der Waals surface area contributed by atoms with Crippen LogP contribution in [-0.4, -0.2) is 23.8 Å². The summed E-state index contributed by atoms with van der Waals surface area (Å²) in [5.74, 6) is 0.561. The fourth-order valence-corrected chi connectivity index (χ4v) is 1.15. The zero-order valence-corrected chi connectivity index (χ0v) is 7.82. The Balaban J connectivity index is 2.98. The maximum absolute atomic E-state index is 8.86. The molecule has 72 valence electrons. The first-order chi connectivity index (χ1) is 6.19. The standard InChI is InChI=1S/C9H14N2O2/c1-6-7(8(10)5-12)3-4-9(11-6)13-2/h3-4,8,12H,5,10H2,1-2H3. The number of aromatic nitrogens is 1. The van der Waals surface area contributed by atoms with Gasteiger partial charge in [0.1, 0.15) is 0 Å². The molecule has 0 radical (unpaired) electrons. The highest BCUT2D eigenvalue weighted by Gasteiger charge is 2.08. The summed E-state index contributed by atoms with van der Waals surface area (Å²) >= 11 is 0. The highest BCUT2D eigenvalue weighted by Crippen LogP contribution is 2.16. The van der Waals surface area contributed by atoms with Gasteiger partial charge in [0.25, 0.3) is 0 Å². The van der Waals surface area contributed by atoms with Crippen molar-refractivity contribution in [1.29, 1.82) is 0 Å². The second kappa shape index (κ2) is 4.20. The lowest BCUT2D eigenvalue weighted by molar-refractivity contribution is 0.267. The first kappa shape index (κ1) is 9.95. The van der Waals surface area contributed by atoms with Gasteiger partial charge in [0.15, 0.2) is 0 Å². The predicted octanol–water partition coefficient (Wildman–Crippen LogP) is 0.391. The zero-order chi connectivity index (χ0) is 9.84. The van der Waals surface area contributed by atoms with Crippen LogP contribution in [0.3, 0.4) is 0 Å². The summed E-state index contributed by atoms with van der Waals surface area (Å²) in [6.45, 7) is 1.77. The molecule has 4 nitrogen and oxygen atoms in total. The molecule has 1 unspecified atom stereocenters. The van der Waals surface area contributed by atoms with Crippen LogP contribution in [0.25, 0.3) is 0 Å². The van der Waals surface area contributed by atoms with E-state index in [0.717, 1.165) is 11.3 Å². The van der Waals surface area contributed by atoms with E-state index in [0.29, 0.717) is 5.88 Å². The molecule has 0 aliphatic heterocycles. The molecule has 0 aromatic carbocycles. The number of methoxy groups -OCH3 is 1. The van der Waals surface area contributed by atoms with Crippen molar-refractivity contribution in [2.24, 2.45) is 5.73 Å². The van der Waals surface area contributed by atoms with Crippen molar-refractivity contribution in [2.45, 2.75) is 13.0 Å². The smallest absolute Gasteiger partial charge is 0.213 e. The molecule has 0 saturated heterocycles. The first-order valence-corrected chi connectivity index (χ1v) is 4.07. The Labute approximate surface area is 77.4 Å². The first-order valence-electron chi connectivity index (χ1n) is 4.07. The molecule has 0 spiro atoms. The lowest BCUT2D eigenvalue weighted by Crippen LogP contribution is -2.16. The van der Waals surface area contributed by atoms with E-state index in [9.17, 15) is 0 Å². The largest absolute Gasteiger partial charge is 0.481 e. The summed E-state index contributed by atoms with van der Waals surface area (Å²) < 4.78 is 4.95. The highest BCUT2D eigenvalue weighted by atomic mass is 16.5.